The fraction of sp³-hybridized carbons (Fsp3) is 0.500. The third-order valence-corrected chi connectivity index (χ3v) is 7.91. The van der Waals surface area contributed by atoms with Gasteiger partial charge >= 0.3 is 5.69 Å². The highest BCUT2D eigenvalue weighted by Crippen LogP contribution is 2.42. The zero-order valence-corrected chi connectivity index (χ0v) is 20.7. The van der Waals surface area contributed by atoms with Gasteiger partial charge in [0.25, 0.3) is 0 Å². The van der Waals surface area contributed by atoms with E-state index in [-0.39, 0.29) is 40.9 Å². The highest BCUT2D eigenvalue weighted by atomic mass is 19.1. The summed E-state index contributed by atoms with van der Waals surface area (Å²) in [6, 6.07) is 5.48. The van der Waals surface area contributed by atoms with Crippen LogP contribution in [0.1, 0.15) is 45.4 Å². The summed E-state index contributed by atoms with van der Waals surface area (Å²) in [7, 11) is 1.29. The molecule has 1 aromatic carbocycles. The monoisotopic (exact) mass is 509 g/mol. The first-order valence-corrected chi connectivity index (χ1v) is 12.7. The Morgan fingerprint density at radius 3 is 2.70 bits per heavy atom. The van der Waals surface area contributed by atoms with E-state index in [1.165, 1.54) is 13.1 Å². The predicted octanol–water partition coefficient (Wildman–Crippen LogP) is 3.12. The fourth-order valence-corrected chi connectivity index (χ4v) is 5.83. The van der Waals surface area contributed by atoms with E-state index in [4.69, 9.17) is 0 Å². The molecule has 0 spiro atoms. The fourth-order valence-electron chi connectivity index (χ4n) is 5.83. The van der Waals surface area contributed by atoms with Gasteiger partial charge in [-0.1, -0.05) is 6.07 Å². The summed E-state index contributed by atoms with van der Waals surface area (Å²) in [5.74, 6) is -0.142. The Labute approximate surface area is 212 Å². The van der Waals surface area contributed by atoms with E-state index in [0.29, 0.717) is 23.4 Å². The summed E-state index contributed by atoms with van der Waals surface area (Å²) in [5, 5.41) is 22.8. The van der Waals surface area contributed by atoms with Crippen LogP contribution in [-0.4, -0.2) is 59.7 Å². The average molecular weight is 510 g/mol. The number of aromatic hydroxyl groups is 1. The van der Waals surface area contributed by atoms with Crippen molar-refractivity contribution >= 4 is 5.82 Å². The molecule has 11 heteroatoms. The van der Waals surface area contributed by atoms with Crippen molar-refractivity contribution in [2.75, 3.05) is 4.90 Å². The molecule has 2 aliphatic heterocycles. The molecule has 2 N–H and O–H groups in total. The van der Waals surface area contributed by atoms with Gasteiger partial charge in [-0.25, -0.2) is 14.2 Å². The number of phenolic OH excluding ortho intramolecular Hbond substituents is 1. The molecule has 6 rings (SSSR count). The molecule has 4 heterocycles. The van der Waals surface area contributed by atoms with E-state index in [0.717, 1.165) is 42.7 Å². The smallest absolute Gasteiger partial charge is 0.350 e. The Morgan fingerprint density at radius 2 is 2.03 bits per heavy atom. The Balaban J connectivity index is 1.27. The topological polar surface area (TPSA) is 109 Å². The van der Waals surface area contributed by atoms with Gasteiger partial charge in [0, 0.05) is 36.3 Å². The molecule has 9 nitrogen and oxygen atoms in total. The number of alkyl halides is 1. The Bertz CT molecular complexity index is 1390. The second-order valence-corrected chi connectivity index (χ2v) is 10.7. The number of phenols is 1. The molecular formula is C26H29F2N7O2. The van der Waals surface area contributed by atoms with Crippen LogP contribution in [0, 0.1) is 5.95 Å². The van der Waals surface area contributed by atoms with Crippen molar-refractivity contribution in [2.24, 2.45) is 7.05 Å². The second kappa shape index (κ2) is 8.83. The standard InChI is InChI=1S/C26H29F2N7O2/c1-26-9-3-4-17(31-26)23(28)19(12-26)35(15-6-7-15)22-13-29-24(33-32-22)16-8-5-14(10-20(16)36)18-11-21(27)34(2)25(37)30-18/h5,8,10-11,13,15,17,19,23,31,36H,3-4,6-7,9,12H2,1-2H3/t17-,19-,23+,26-/m1/s1. The summed E-state index contributed by atoms with van der Waals surface area (Å²) in [6.07, 6.45) is 6.17. The highest BCUT2D eigenvalue weighted by Gasteiger charge is 2.50. The summed E-state index contributed by atoms with van der Waals surface area (Å²) < 4.78 is 30.4. The molecule has 37 heavy (non-hydrogen) atoms. The van der Waals surface area contributed by atoms with Crippen LogP contribution in [0.3, 0.4) is 0 Å². The van der Waals surface area contributed by atoms with Crippen LogP contribution in [0.15, 0.2) is 35.3 Å². The minimum absolute atomic E-state index is 0.0849. The number of benzene rings is 1. The molecule has 4 atom stereocenters. The lowest BCUT2D eigenvalue weighted by Crippen LogP contribution is -2.67. The lowest BCUT2D eigenvalue weighted by atomic mass is 9.74. The molecule has 2 bridgehead atoms. The summed E-state index contributed by atoms with van der Waals surface area (Å²) >= 11 is 0. The molecule has 194 valence electrons. The maximum absolute atomic E-state index is 15.6. The van der Waals surface area contributed by atoms with Crippen molar-refractivity contribution in [1.82, 2.24) is 30.0 Å². The predicted molar refractivity (Wildman–Crippen MR) is 133 cm³/mol. The minimum Gasteiger partial charge on any atom is -0.507 e. The average Bonchev–Trinajstić information content (AvgIpc) is 3.71. The first kappa shape index (κ1) is 23.9. The third-order valence-electron chi connectivity index (χ3n) is 7.91. The van der Waals surface area contributed by atoms with Gasteiger partial charge in [-0.05, 0) is 57.6 Å². The van der Waals surface area contributed by atoms with E-state index < -0.39 is 17.8 Å². The van der Waals surface area contributed by atoms with Crippen LogP contribution in [0.2, 0.25) is 0 Å². The molecule has 2 aromatic heterocycles. The summed E-state index contributed by atoms with van der Waals surface area (Å²) in [5.41, 5.74) is -0.00107. The molecule has 0 radical (unpaired) electrons. The maximum atomic E-state index is 15.6. The van der Waals surface area contributed by atoms with Crippen LogP contribution in [0.4, 0.5) is 14.6 Å². The normalized spacial score (nSPS) is 27.2. The highest BCUT2D eigenvalue weighted by molar-refractivity contribution is 5.71. The van der Waals surface area contributed by atoms with Crippen LogP contribution in [-0.2, 0) is 7.05 Å². The molecule has 0 unspecified atom stereocenters. The van der Waals surface area contributed by atoms with E-state index in [1.54, 1.807) is 18.3 Å². The van der Waals surface area contributed by atoms with Crippen molar-refractivity contribution < 1.29 is 13.9 Å². The van der Waals surface area contributed by atoms with Crippen LogP contribution in [0.25, 0.3) is 22.6 Å². The number of nitrogens with one attached hydrogen (secondary N) is 1. The number of fused-ring (bicyclic) bond motifs is 2. The molecule has 1 saturated carbocycles. The summed E-state index contributed by atoms with van der Waals surface area (Å²) in [4.78, 5) is 22.2. The van der Waals surface area contributed by atoms with E-state index in [2.05, 4.69) is 37.3 Å². The number of rotatable bonds is 5. The number of aromatic nitrogens is 5. The minimum atomic E-state index is -1.000. The van der Waals surface area contributed by atoms with E-state index in [1.807, 2.05) is 0 Å². The van der Waals surface area contributed by atoms with E-state index in [9.17, 15) is 14.3 Å². The second-order valence-electron chi connectivity index (χ2n) is 10.7. The molecule has 0 amide bonds. The number of hydrogen-bond donors (Lipinski definition) is 2. The van der Waals surface area contributed by atoms with E-state index >= 15 is 4.39 Å². The van der Waals surface area contributed by atoms with Crippen molar-refractivity contribution in [1.29, 1.82) is 0 Å². The largest absolute Gasteiger partial charge is 0.507 e. The van der Waals surface area contributed by atoms with Gasteiger partial charge in [0.1, 0.15) is 11.9 Å². The number of hydrogen-bond acceptors (Lipinski definition) is 8. The first-order chi connectivity index (χ1) is 17.7. The third kappa shape index (κ3) is 4.35. The number of nitrogens with zero attached hydrogens (tertiary/aromatic N) is 6. The Morgan fingerprint density at radius 1 is 1.22 bits per heavy atom. The SMILES string of the molecule is Cn1c(F)cc(-c2ccc(-c3ncc(N(C4CC4)[C@@H]4C[C@@]5(C)CCC[C@@H](N5)[C@@H]4F)nn3)c(O)c2)nc1=O. The van der Waals surface area contributed by atoms with Gasteiger partial charge in [-0.15, -0.1) is 10.2 Å². The lowest BCUT2D eigenvalue weighted by molar-refractivity contribution is 0.0584. The lowest BCUT2D eigenvalue weighted by Gasteiger charge is -2.52. The van der Waals surface area contributed by atoms with Crippen LogP contribution < -0.4 is 15.9 Å². The van der Waals surface area contributed by atoms with Crippen molar-refractivity contribution in [2.45, 2.75) is 75.3 Å². The van der Waals surface area contributed by atoms with Crippen molar-refractivity contribution in [3.63, 3.8) is 0 Å². The molecule has 1 aliphatic carbocycles. The zero-order chi connectivity index (χ0) is 25.9. The van der Waals surface area contributed by atoms with Crippen molar-refractivity contribution in [3.8, 4) is 28.4 Å². The Hall–Kier alpha value is -3.47. The van der Waals surface area contributed by atoms with Crippen molar-refractivity contribution in [3.05, 3.63) is 46.9 Å². The van der Waals surface area contributed by atoms with Gasteiger partial charge < -0.3 is 15.3 Å². The Kier molecular flexibility index (Phi) is 5.70. The molecule has 2 saturated heterocycles. The van der Waals surface area contributed by atoms with Crippen LogP contribution >= 0.6 is 0 Å². The molecular weight excluding hydrogens is 480 g/mol. The quantitative estimate of drug-likeness (QED) is 0.505. The van der Waals surface area contributed by atoms with Gasteiger partial charge in [-0.3, -0.25) is 4.57 Å². The molecule has 3 aromatic rings. The first-order valence-electron chi connectivity index (χ1n) is 12.7. The number of halogens is 2. The van der Waals surface area contributed by atoms with Gasteiger partial charge in [0.15, 0.2) is 17.6 Å². The van der Waals surface area contributed by atoms with Gasteiger partial charge in [0.2, 0.25) is 0 Å². The van der Waals surface area contributed by atoms with Gasteiger partial charge in [0.05, 0.1) is 23.5 Å². The molecule has 3 aliphatic rings. The number of piperidine rings is 2. The van der Waals surface area contributed by atoms with Crippen LogP contribution in [0.5, 0.6) is 5.75 Å². The summed E-state index contributed by atoms with van der Waals surface area (Å²) in [6.45, 7) is 2.18. The van der Waals surface area contributed by atoms with Gasteiger partial charge in [-0.2, -0.15) is 9.37 Å². The maximum Gasteiger partial charge on any atom is 0.350 e. The molecule has 3 fully saturated rings. The number of anilines is 1. The zero-order valence-electron chi connectivity index (χ0n) is 20.7.